The zero-order chi connectivity index (χ0) is 11.3. The Hall–Kier alpha value is -0.160. The molecule has 0 aromatic carbocycles. The second kappa shape index (κ2) is 6.43. The predicted octanol–water partition coefficient (Wildman–Crippen LogP) is -0.0350. The number of aliphatic hydroxyl groups excluding tert-OH is 3. The molecular formula is C11H23NO3. The second-order valence-corrected chi connectivity index (χ2v) is 4.41. The summed E-state index contributed by atoms with van der Waals surface area (Å²) in [7, 11) is 0. The fraction of sp³-hybridized carbons (Fsp3) is 1.00. The molecule has 1 rings (SSSR count). The molecule has 0 bridgehead atoms. The lowest BCUT2D eigenvalue weighted by Crippen LogP contribution is -2.55. The smallest absolute Gasteiger partial charge is 0.0742 e. The maximum Gasteiger partial charge on any atom is 0.0742 e. The molecule has 3 unspecified atom stereocenters. The van der Waals surface area contributed by atoms with Gasteiger partial charge in [0.15, 0.2) is 0 Å². The van der Waals surface area contributed by atoms with Crippen molar-refractivity contribution in [2.24, 2.45) is 0 Å². The van der Waals surface area contributed by atoms with Crippen LogP contribution < -0.4 is 0 Å². The Morgan fingerprint density at radius 1 is 1.27 bits per heavy atom. The Balaban J connectivity index is 2.42. The van der Waals surface area contributed by atoms with Gasteiger partial charge in [-0.2, -0.15) is 0 Å². The van der Waals surface area contributed by atoms with Crippen molar-refractivity contribution < 1.29 is 15.3 Å². The molecule has 4 nitrogen and oxygen atoms in total. The van der Waals surface area contributed by atoms with Crippen molar-refractivity contribution >= 4 is 0 Å². The van der Waals surface area contributed by atoms with Gasteiger partial charge in [0.1, 0.15) is 0 Å². The van der Waals surface area contributed by atoms with Gasteiger partial charge in [-0.05, 0) is 13.0 Å². The van der Waals surface area contributed by atoms with Crippen molar-refractivity contribution in [2.45, 2.75) is 50.9 Å². The number of hydrogen-bond donors (Lipinski definition) is 3. The fourth-order valence-corrected chi connectivity index (χ4v) is 2.22. The number of nitrogens with zero attached hydrogens (tertiary/aromatic N) is 1. The highest BCUT2D eigenvalue weighted by atomic mass is 16.3. The molecule has 0 aliphatic carbocycles. The van der Waals surface area contributed by atoms with Gasteiger partial charge in [-0.3, -0.25) is 4.90 Å². The standard InChI is InChI=1S/C11H23NO3/c1-2-3-4-5-12-7-9(14)6-11(15)10(12)8-13/h9-11,13-15H,2-8H2,1H3. The molecule has 1 saturated heterocycles. The van der Waals surface area contributed by atoms with Crippen LogP contribution in [0.2, 0.25) is 0 Å². The van der Waals surface area contributed by atoms with E-state index in [0.717, 1.165) is 25.8 Å². The number of aliphatic hydroxyl groups is 3. The molecule has 90 valence electrons. The summed E-state index contributed by atoms with van der Waals surface area (Å²) < 4.78 is 0. The Kier molecular flexibility index (Phi) is 5.53. The van der Waals surface area contributed by atoms with E-state index in [4.69, 9.17) is 0 Å². The van der Waals surface area contributed by atoms with Gasteiger partial charge in [-0.25, -0.2) is 0 Å². The average Bonchev–Trinajstić information content (AvgIpc) is 2.17. The van der Waals surface area contributed by atoms with Crippen LogP contribution >= 0.6 is 0 Å². The highest BCUT2D eigenvalue weighted by Gasteiger charge is 2.33. The molecule has 0 radical (unpaired) electrons. The van der Waals surface area contributed by atoms with E-state index in [1.807, 2.05) is 4.90 Å². The Morgan fingerprint density at radius 3 is 2.60 bits per heavy atom. The molecule has 0 amide bonds. The Bertz CT molecular complexity index is 177. The van der Waals surface area contributed by atoms with Crippen LogP contribution in [0.3, 0.4) is 0 Å². The summed E-state index contributed by atoms with van der Waals surface area (Å²) in [6, 6.07) is -0.190. The summed E-state index contributed by atoms with van der Waals surface area (Å²) in [5, 5.41) is 28.4. The molecule has 4 heteroatoms. The summed E-state index contributed by atoms with van der Waals surface area (Å²) in [5.41, 5.74) is 0. The van der Waals surface area contributed by atoms with E-state index in [0.29, 0.717) is 13.0 Å². The first-order chi connectivity index (χ1) is 7.19. The van der Waals surface area contributed by atoms with Crippen molar-refractivity contribution in [3.8, 4) is 0 Å². The minimum absolute atomic E-state index is 0.0278. The van der Waals surface area contributed by atoms with Crippen molar-refractivity contribution in [2.75, 3.05) is 19.7 Å². The summed E-state index contributed by atoms with van der Waals surface area (Å²) >= 11 is 0. The first-order valence-corrected chi connectivity index (χ1v) is 5.90. The first-order valence-electron chi connectivity index (χ1n) is 5.90. The molecule has 1 aliphatic rings. The van der Waals surface area contributed by atoms with Gasteiger partial charge in [0.25, 0.3) is 0 Å². The van der Waals surface area contributed by atoms with Crippen LogP contribution in [0.5, 0.6) is 0 Å². The molecule has 3 N–H and O–H groups in total. The fourth-order valence-electron chi connectivity index (χ4n) is 2.22. The van der Waals surface area contributed by atoms with Crippen LogP contribution in [0.25, 0.3) is 0 Å². The number of piperidine rings is 1. The van der Waals surface area contributed by atoms with Crippen LogP contribution in [0.4, 0.5) is 0 Å². The van der Waals surface area contributed by atoms with Crippen LogP contribution in [-0.4, -0.2) is 58.2 Å². The lowest BCUT2D eigenvalue weighted by atomic mass is 9.97. The minimum atomic E-state index is -0.597. The molecule has 1 heterocycles. The first kappa shape index (κ1) is 12.9. The largest absolute Gasteiger partial charge is 0.395 e. The number of β-amino-alcohol motifs (C(OH)–C–C–N with tert-alkyl or cyclic N) is 1. The third-order valence-corrected chi connectivity index (χ3v) is 3.11. The molecule has 1 aliphatic heterocycles. The number of rotatable bonds is 5. The Labute approximate surface area is 91.5 Å². The van der Waals surface area contributed by atoms with Crippen LogP contribution in [0, 0.1) is 0 Å². The van der Waals surface area contributed by atoms with Gasteiger partial charge in [0.05, 0.1) is 24.9 Å². The number of likely N-dealkylation sites (tertiary alicyclic amines) is 1. The minimum Gasteiger partial charge on any atom is -0.395 e. The topological polar surface area (TPSA) is 63.9 Å². The molecule has 15 heavy (non-hydrogen) atoms. The molecular weight excluding hydrogens is 194 g/mol. The van der Waals surface area contributed by atoms with E-state index in [2.05, 4.69) is 6.92 Å². The SMILES string of the molecule is CCCCCN1CC(O)CC(O)C1CO. The normalized spacial score (nSPS) is 33.2. The van der Waals surface area contributed by atoms with Gasteiger partial charge in [0.2, 0.25) is 0 Å². The summed E-state index contributed by atoms with van der Waals surface area (Å²) in [5.74, 6) is 0. The average molecular weight is 217 g/mol. The van der Waals surface area contributed by atoms with E-state index in [9.17, 15) is 15.3 Å². The highest BCUT2D eigenvalue weighted by Crippen LogP contribution is 2.18. The van der Waals surface area contributed by atoms with Gasteiger partial charge < -0.3 is 15.3 Å². The van der Waals surface area contributed by atoms with Crippen LogP contribution in [0.15, 0.2) is 0 Å². The molecule has 0 aromatic rings. The van der Waals surface area contributed by atoms with Gasteiger partial charge in [-0.15, -0.1) is 0 Å². The van der Waals surface area contributed by atoms with Crippen molar-refractivity contribution in [1.29, 1.82) is 0 Å². The number of unbranched alkanes of at least 4 members (excludes halogenated alkanes) is 2. The second-order valence-electron chi connectivity index (χ2n) is 4.41. The molecule has 3 atom stereocenters. The number of hydrogen-bond acceptors (Lipinski definition) is 4. The quantitative estimate of drug-likeness (QED) is 0.566. The summed E-state index contributed by atoms with van der Waals surface area (Å²) in [6.07, 6.45) is 2.70. The van der Waals surface area contributed by atoms with E-state index in [1.54, 1.807) is 0 Å². The third kappa shape index (κ3) is 3.72. The zero-order valence-electron chi connectivity index (χ0n) is 9.47. The lowest BCUT2D eigenvalue weighted by Gasteiger charge is -2.40. The van der Waals surface area contributed by atoms with E-state index in [-0.39, 0.29) is 12.6 Å². The highest BCUT2D eigenvalue weighted by molar-refractivity contribution is 4.87. The predicted molar refractivity (Wildman–Crippen MR) is 58.6 cm³/mol. The van der Waals surface area contributed by atoms with Crippen molar-refractivity contribution in [1.82, 2.24) is 4.90 Å². The van der Waals surface area contributed by atoms with Crippen LogP contribution in [-0.2, 0) is 0 Å². The van der Waals surface area contributed by atoms with Crippen molar-refractivity contribution in [3.05, 3.63) is 0 Å². The van der Waals surface area contributed by atoms with Gasteiger partial charge >= 0.3 is 0 Å². The third-order valence-electron chi connectivity index (χ3n) is 3.11. The van der Waals surface area contributed by atoms with E-state index >= 15 is 0 Å². The molecule has 0 saturated carbocycles. The van der Waals surface area contributed by atoms with E-state index in [1.165, 1.54) is 0 Å². The maximum atomic E-state index is 9.70. The zero-order valence-corrected chi connectivity index (χ0v) is 9.47. The molecule has 0 aromatic heterocycles. The van der Waals surface area contributed by atoms with Crippen molar-refractivity contribution in [3.63, 3.8) is 0 Å². The molecule has 1 fully saturated rings. The van der Waals surface area contributed by atoms with Crippen LogP contribution in [0.1, 0.15) is 32.6 Å². The van der Waals surface area contributed by atoms with Gasteiger partial charge in [-0.1, -0.05) is 19.8 Å². The maximum absolute atomic E-state index is 9.70. The summed E-state index contributed by atoms with van der Waals surface area (Å²) in [6.45, 7) is 3.54. The Morgan fingerprint density at radius 2 is 2.00 bits per heavy atom. The lowest BCUT2D eigenvalue weighted by molar-refractivity contribution is -0.0657. The van der Waals surface area contributed by atoms with Gasteiger partial charge in [0, 0.05) is 13.0 Å². The molecule has 0 spiro atoms. The van der Waals surface area contributed by atoms with E-state index < -0.39 is 12.2 Å². The summed E-state index contributed by atoms with van der Waals surface area (Å²) in [4.78, 5) is 2.01. The monoisotopic (exact) mass is 217 g/mol.